The van der Waals surface area contributed by atoms with E-state index in [1.807, 2.05) is 18.2 Å². The third-order valence-electron chi connectivity index (χ3n) is 3.76. The third-order valence-corrected chi connectivity index (χ3v) is 3.76. The third kappa shape index (κ3) is 2.44. The minimum absolute atomic E-state index is 0.237. The number of hydrogen-bond donors (Lipinski definition) is 1. The lowest BCUT2D eigenvalue weighted by atomic mass is 10.0. The van der Waals surface area contributed by atoms with Crippen molar-refractivity contribution in [1.82, 2.24) is 25.3 Å². The highest BCUT2D eigenvalue weighted by atomic mass is 16.5. The Bertz CT molecular complexity index is 560. The molecule has 2 aromatic heterocycles. The molecule has 0 bridgehead atoms. The van der Waals surface area contributed by atoms with Crippen LogP contribution in [0.15, 0.2) is 28.9 Å². The molecule has 0 spiro atoms. The first kappa shape index (κ1) is 13.2. The normalized spacial score (nSPS) is 17.3. The summed E-state index contributed by atoms with van der Waals surface area (Å²) in [6.45, 7) is 8.22. The molecule has 3 heterocycles. The molecule has 0 saturated carbocycles. The zero-order valence-electron chi connectivity index (χ0n) is 11.8. The summed E-state index contributed by atoms with van der Waals surface area (Å²) in [5.41, 5.74) is 0.473. The summed E-state index contributed by atoms with van der Waals surface area (Å²) in [5, 5.41) is 7.50. The Hall–Kier alpha value is -1.79. The lowest BCUT2D eigenvalue weighted by Crippen LogP contribution is -2.52. The molecule has 3 rings (SSSR count). The van der Waals surface area contributed by atoms with Gasteiger partial charge in [0.1, 0.15) is 5.69 Å². The largest absolute Gasteiger partial charge is 0.332 e. The smallest absolute Gasteiger partial charge is 0.276 e. The summed E-state index contributed by atoms with van der Waals surface area (Å²) in [6, 6.07) is 5.65. The van der Waals surface area contributed by atoms with Gasteiger partial charge in [-0.05, 0) is 26.0 Å². The first-order valence-electron chi connectivity index (χ1n) is 6.89. The molecule has 0 amide bonds. The van der Waals surface area contributed by atoms with E-state index < -0.39 is 0 Å². The average Bonchev–Trinajstić information content (AvgIpc) is 3.00. The Labute approximate surface area is 118 Å². The van der Waals surface area contributed by atoms with Crippen molar-refractivity contribution in [2.45, 2.75) is 19.4 Å². The maximum atomic E-state index is 5.36. The Morgan fingerprint density at radius 1 is 1.25 bits per heavy atom. The lowest BCUT2D eigenvalue weighted by Gasteiger charge is -2.38. The van der Waals surface area contributed by atoms with Crippen LogP contribution in [0.3, 0.4) is 0 Å². The SMILES string of the molecule is CC(C)(c1noc(-c2ccccn2)n1)N1CCNCC1. The van der Waals surface area contributed by atoms with E-state index in [2.05, 4.69) is 39.2 Å². The van der Waals surface area contributed by atoms with Gasteiger partial charge in [0.25, 0.3) is 5.89 Å². The van der Waals surface area contributed by atoms with Crippen LogP contribution in [0.2, 0.25) is 0 Å². The van der Waals surface area contributed by atoms with Crippen LogP contribution in [-0.2, 0) is 5.54 Å². The molecule has 106 valence electrons. The Kier molecular flexibility index (Phi) is 3.50. The van der Waals surface area contributed by atoms with E-state index in [-0.39, 0.29) is 5.54 Å². The van der Waals surface area contributed by atoms with Crippen LogP contribution >= 0.6 is 0 Å². The molecular weight excluding hydrogens is 254 g/mol. The van der Waals surface area contributed by atoms with E-state index >= 15 is 0 Å². The molecule has 0 unspecified atom stereocenters. The monoisotopic (exact) mass is 273 g/mol. The molecular formula is C14H19N5O. The van der Waals surface area contributed by atoms with Gasteiger partial charge in [0.2, 0.25) is 0 Å². The summed E-state index contributed by atoms with van der Waals surface area (Å²) in [4.78, 5) is 11.1. The number of nitrogens with zero attached hydrogens (tertiary/aromatic N) is 4. The first-order valence-corrected chi connectivity index (χ1v) is 6.89. The van der Waals surface area contributed by atoms with E-state index in [1.54, 1.807) is 6.20 Å². The first-order chi connectivity index (χ1) is 9.68. The van der Waals surface area contributed by atoms with E-state index in [0.29, 0.717) is 17.4 Å². The summed E-state index contributed by atoms with van der Waals surface area (Å²) in [7, 11) is 0. The minimum Gasteiger partial charge on any atom is -0.332 e. The van der Waals surface area contributed by atoms with E-state index in [1.165, 1.54) is 0 Å². The average molecular weight is 273 g/mol. The zero-order chi connectivity index (χ0) is 14.0. The van der Waals surface area contributed by atoms with E-state index in [0.717, 1.165) is 26.2 Å². The molecule has 1 saturated heterocycles. The van der Waals surface area contributed by atoms with Crippen LogP contribution < -0.4 is 5.32 Å². The number of aromatic nitrogens is 3. The van der Waals surface area contributed by atoms with Gasteiger partial charge in [0.05, 0.1) is 5.54 Å². The predicted molar refractivity (Wildman–Crippen MR) is 75.0 cm³/mol. The van der Waals surface area contributed by atoms with Gasteiger partial charge in [0.15, 0.2) is 5.82 Å². The Morgan fingerprint density at radius 2 is 2.05 bits per heavy atom. The van der Waals surface area contributed by atoms with Gasteiger partial charge in [-0.15, -0.1) is 0 Å². The minimum atomic E-state index is -0.237. The van der Waals surface area contributed by atoms with Crippen LogP contribution in [0, 0.1) is 0 Å². The predicted octanol–water partition coefficient (Wildman–Crippen LogP) is 1.27. The fraction of sp³-hybridized carbons (Fsp3) is 0.500. The van der Waals surface area contributed by atoms with Crippen LogP contribution in [0.25, 0.3) is 11.6 Å². The van der Waals surface area contributed by atoms with Crippen LogP contribution in [0.4, 0.5) is 0 Å². The summed E-state index contributed by atoms with van der Waals surface area (Å²) >= 11 is 0. The Morgan fingerprint density at radius 3 is 2.75 bits per heavy atom. The van der Waals surface area contributed by atoms with Crippen molar-refractivity contribution in [3.63, 3.8) is 0 Å². The molecule has 6 nitrogen and oxygen atoms in total. The van der Waals surface area contributed by atoms with Gasteiger partial charge in [0, 0.05) is 32.4 Å². The van der Waals surface area contributed by atoms with Crippen molar-refractivity contribution in [1.29, 1.82) is 0 Å². The number of hydrogen-bond acceptors (Lipinski definition) is 6. The van der Waals surface area contributed by atoms with Gasteiger partial charge in [-0.25, -0.2) is 0 Å². The number of piperazine rings is 1. The quantitative estimate of drug-likeness (QED) is 0.908. The van der Waals surface area contributed by atoms with E-state index in [9.17, 15) is 0 Å². The van der Waals surface area contributed by atoms with Crippen molar-refractivity contribution in [2.75, 3.05) is 26.2 Å². The second-order valence-electron chi connectivity index (χ2n) is 5.43. The van der Waals surface area contributed by atoms with E-state index in [4.69, 9.17) is 4.52 Å². The van der Waals surface area contributed by atoms with Crippen molar-refractivity contribution >= 4 is 0 Å². The molecule has 1 fully saturated rings. The van der Waals surface area contributed by atoms with Crippen LogP contribution in [0.5, 0.6) is 0 Å². The second kappa shape index (κ2) is 5.30. The van der Waals surface area contributed by atoms with Crippen molar-refractivity contribution < 1.29 is 4.52 Å². The number of nitrogens with one attached hydrogen (secondary N) is 1. The maximum absolute atomic E-state index is 5.36. The van der Waals surface area contributed by atoms with Crippen molar-refractivity contribution in [3.8, 4) is 11.6 Å². The molecule has 0 atom stereocenters. The highest BCUT2D eigenvalue weighted by Crippen LogP contribution is 2.27. The zero-order valence-corrected chi connectivity index (χ0v) is 11.8. The van der Waals surface area contributed by atoms with Gasteiger partial charge in [-0.3, -0.25) is 9.88 Å². The molecule has 0 radical (unpaired) electrons. The highest BCUT2D eigenvalue weighted by molar-refractivity contribution is 5.45. The number of rotatable bonds is 3. The van der Waals surface area contributed by atoms with Gasteiger partial charge >= 0.3 is 0 Å². The molecule has 1 aliphatic heterocycles. The Balaban J connectivity index is 1.85. The second-order valence-corrected chi connectivity index (χ2v) is 5.43. The van der Waals surface area contributed by atoms with Crippen molar-refractivity contribution in [3.05, 3.63) is 30.2 Å². The molecule has 1 aliphatic rings. The lowest BCUT2D eigenvalue weighted by molar-refractivity contribution is 0.0925. The fourth-order valence-electron chi connectivity index (χ4n) is 2.43. The standard InChI is InChI=1S/C14H19N5O/c1-14(2,19-9-7-15-8-10-19)13-17-12(20-18-13)11-5-3-4-6-16-11/h3-6,15H,7-10H2,1-2H3. The molecule has 20 heavy (non-hydrogen) atoms. The summed E-state index contributed by atoms with van der Waals surface area (Å²) < 4.78 is 5.36. The van der Waals surface area contributed by atoms with Crippen LogP contribution in [0.1, 0.15) is 19.7 Å². The molecule has 1 N–H and O–H groups in total. The van der Waals surface area contributed by atoms with Gasteiger partial charge in [-0.2, -0.15) is 4.98 Å². The highest BCUT2D eigenvalue weighted by Gasteiger charge is 2.34. The fourth-order valence-corrected chi connectivity index (χ4v) is 2.43. The number of pyridine rings is 1. The van der Waals surface area contributed by atoms with Gasteiger partial charge < -0.3 is 9.84 Å². The molecule has 2 aromatic rings. The summed E-state index contributed by atoms with van der Waals surface area (Å²) in [5.74, 6) is 1.18. The van der Waals surface area contributed by atoms with Crippen molar-refractivity contribution in [2.24, 2.45) is 0 Å². The molecule has 0 aliphatic carbocycles. The summed E-state index contributed by atoms with van der Waals surface area (Å²) in [6.07, 6.45) is 1.72. The molecule has 6 heteroatoms. The van der Waals surface area contributed by atoms with Crippen LogP contribution in [-0.4, -0.2) is 46.2 Å². The van der Waals surface area contributed by atoms with Gasteiger partial charge in [-0.1, -0.05) is 11.2 Å². The maximum Gasteiger partial charge on any atom is 0.276 e. The molecule has 0 aromatic carbocycles. The topological polar surface area (TPSA) is 67.1 Å².